The topological polar surface area (TPSA) is 126 Å². The summed E-state index contributed by atoms with van der Waals surface area (Å²) in [5.74, 6) is 0.259. The SMILES string of the molecule is CC[C@H](Nc1ncnc2nc[nH]c12)c1nc2cccc(F)c2c(=O)n1Nc1ccncc1. The van der Waals surface area contributed by atoms with Crippen molar-refractivity contribution in [3.05, 3.63) is 77.4 Å². The van der Waals surface area contributed by atoms with Gasteiger partial charge < -0.3 is 10.3 Å². The van der Waals surface area contributed by atoms with Gasteiger partial charge in [0.15, 0.2) is 17.3 Å². The maximum atomic E-state index is 14.5. The van der Waals surface area contributed by atoms with E-state index in [9.17, 15) is 9.18 Å². The number of pyridine rings is 1. The Labute approximate surface area is 180 Å². The van der Waals surface area contributed by atoms with Crippen LogP contribution in [-0.2, 0) is 0 Å². The molecule has 0 amide bonds. The molecule has 0 saturated carbocycles. The maximum absolute atomic E-state index is 14.5. The van der Waals surface area contributed by atoms with Crippen LogP contribution >= 0.6 is 0 Å². The molecule has 5 aromatic rings. The molecule has 1 atom stereocenters. The Morgan fingerprint density at radius 1 is 1.16 bits per heavy atom. The van der Waals surface area contributed by atoms with Gasteiger partial charge in [-0.15, -0.1) is 0 Å². The molecule has 0 aliphatic heterocycles. The first-order chi connectivity index (χ1) is 15.7. The molecule has 4 heterocycles. The van der Waals surface area contributed by atoms with Gasteiger partial charge in [0.1, 0.15) is 23.0 Å². The number of hydrogen-bond acceptors (Lipinski definition) is 8. The molecule has 0 radical (unpaired) electrons. The van der Waals surface area contributed by atoms with Crippen LogP contribution in [0.15, 0.2) is 60.2 Å². The Morgan fingerprint density at radius 2 is 2.00 bits per heavy atom. The van der Waals surface area contributed by atoms with Crippen LogP contribution in [0.1, 0.15) is 25.2 Å². The van der Waals surface area contributed by atoms with Crippen LogP contribution in [0.25, 0.3) is 22.1 Å². The number of aromatic nitrogens is 7. The summed E-state index contributed by atoms with van der Waals surface area (Å²) in [6.45, 7) is 1.95. The van der Waals surface area contributed by atoms with Gasteiger partial charge in [-0.2, -0.15) is 0 Å². The Morgan fingerprint density at radius 3 is 2.81 bits per heavy atom. The van der Waals surface area contributed by atoms with E-state index in [2.05, 4.69) is 40.6 Å². The van der Waals surface area contributed by atoms with E-state index in [0.717, 1.165) is 0 Å². The third kappa shape index (κ3) is 3.39. The zero-order chi connectivity index (χ0) is 22.1. The summed E-state index contributed by atoms with van der Waals surface area (Å²) in [7, 11) is 0. The van der Waals surface area contributed by atoms with E-state index in [-0.39, 0.29) is 10.9 Å². The largest absolute Gasteiger partial charge is 0.358 e. The molecular formula is C21H18FN9O. The van der Waals surface area contributed by atoms with E-state index >= 15 is 0 Å². The minimum Gasteiger partial charge on any atom is -0.358 e. The number of nitrogens with one attached hydrogen (secondary N) is 3. The van der Waals surface area contributed by atoms with E-state index in [1.165, 1.54) is 29.5 Å². The van der Waals surface area contributed by atoms with E-state index in [1.54, 1.807) is 30.6 Å². The third-order valence-electron chi connectivity index (χ3n) is 5.05. The Hall–Kier alpha value is -4.41. The standard InChI is InChI=1S/C21H18FN9O/c1-2-14(28-19-17-18(25-10-24-17)26-11-27-19)20-29-15-5-3-4-13(22)16(15)21(32)31(20)30-12-6-8-23-9-7-12/h3-11,14H,2H2,1H3,(H,23,30)(H2,24,25,26,27,28)/t14-/m0/s1. The van der Waals surface area contributed by atoms with Crippen molar-refractivity contribution in [2.24, 2.45) is 0 Å². The van der Waals surface area contributed by atoms with Crippen LogP contribution in [0.2, 0.25) is 0 Å². The Kier molecular flexibility index (Phi) is 4.90. The number of H-pyrrole nitrogens is 1. The molecule has 0 fully saturated rings. The third-order valence-corrected chi connectivity index (χ3v) is 5.05. The number of nitrogens with zero attached hydrogens (tertiary/aromatic N) is 6. The van der Waals surface area contributed by atoms with Gasteiger partial charge in [-0.05, 0) is 30.7 Å². The van der Waals surface area contributed by atoms with Gasteiger partial charge in [0.2, 0.25) is 0 Å². The highest BCUT2D eigenvalue weighted by atomic mass is 19.1. The predicted molar refractivity (Wildman–Crippen MR) is 118 cm³/mol. The van der Waals surface area contributed by atoms with Gasteiger partial charge in [0, 0.05) is 12.4 Å². The summed E-state index contributed by atoms with van der Waals surface area (Å²) >= 11 is 0. The Balaban J connectivity index is 1.67. The van der Waals surface area contributed by atoms with Crippen molar-refractivity contribution in [1.29, 1.82) is 0 Å². The molecule has 3 N–H and O–H groups in total. The van der Waals surface area contributed by atoms with E-state index in [4.69, 9.17) is 0 Å². The van der Waals surface area contributed by atoms with Gasteiger partial charge >= 0.3 is 0 Å². The average molecular weight is 431 g/mol. The number of imidazole rings is 1. The predicted octanol–water partition coefficient (Wildman–Crippen LogP) is 3.04. The molecule has 0 aliphatic rings. The zero-order valence-corrected chi connectivity index (χ0v) is 17.0. The maximum Gasteiger partial charge on any atom is 0.283 e. The average Bonchev–Trinajstić information content (AvgIpc) is 3.30. The van der Waals surface area contributed by atoms with Gasteiger partial charge in [-0.25, -0.2) is 29.0 Å². The molecule has 0 spiro atoms. The molecule has 0 saturated heterocycles. The fraction of sp³-hybridized carbons (Fsp3) is 0.143. The first-order valence-corrected chi connectivity index (χ1v) is 9.94. The first kappa shape index (κ1) is 19.5. The zero-order valence-electron chi connectivity index (χ0n) is 17.0. The lowest BCUT2D eigenvalue weighted by atomic mass is 10.1. The summed E-state index contributed by atoms with van der Waals surface area (Å²) < 4.78 is 15.8. The van der Waals surface area contributed by atoms with Gasteiger partial charge in [0.25, 0.3) is 5.56 Å². The minimum absolute atomic E-state index is 0.0920. The molecule has 0 aliphatic carbocycles. The quantitative estimate of drug-likeness (QED) is 0.375. The molecule has 0 bridgehead atoms. The van der Waals surface area contributed by atoms with E-state index in [1.807, 2.05) is 6.92 Å². The number of aromatic amines is 1. The molecule has 160 valence electrons. The van der Waals surface area contributed by atoms with Crippen molar-refractivity contribution in [3.8, 4) is 0 Å². The normalized spacial score (nSPS) is 12.2. The number of rotatable bonds is 6. The van der Waals surface area contributed by atoms with Crippen LogP contribution in [0.3, 0.4) is 0 Å². The lowest BCUT2D eigenvalue weighted by Crippen LogP contribution is -2.34. The number of benzene rings is 1. The van der Waals surface area contributed by atoms with Crippen molar-refractivity contribution >= 4 is 33.6 Å². The fourth-order valence-electron chi connectivity index (χ4n) is 3.49. The van der Waals surface area contributed by atoms with Crippen LogP contribution in [-0.4, -0.2) is 34.6 Å². The fourth-order valence-corrected chi connectivity index (χ4v) is 3.49. The van der Waals surface area contributed by atoms with Gasteiger partial charge in [-0.3, -0.25) is 15.2 Å². The summed E-state index contributed by atoms with van der Waals surface area (Å²) in [5.41, 5.74) is 4.51. The lowest BCUT2D eigenvalue weighted by Gasteiger charge is -2.22. The number of halogens is 1. The minimum atomic E-state index is -0.632. The van der Waals surface area contributed by atoms with Crippen LogP contribution in [0.5, 0.6) is 0 Å². The second-order valence-electron chi connectivity index (χ2n) is 7.02. The highest BCUT2D eigenvalue weighted by Gasteiger charge is 2.22. The van der Waals surface area contributed by atoms with Gasteiger partial charge in [0.05, 0.1) is 23.6 Å². The molecule has 4 aromatic heterocycles. The van der Waals surface area contributed by atoms with Crippen LogP contribution in [0.4, 0.5) is 15.9 Å². The molecule has 1 aromatic carbocycles. The highest BCUT2D eigenvalue weighted by Crippen LogP contribution is 2.25. The second kappa shape index (κ2) is 8.02. The van der Waals surface area contributed by atoms with Crippen molar-refractivity contribution in [1.82, 2.24) is 34.6 Å². The summed E-state index contributed by atoms with van der Waals surface area (Å²) in [4.78, 5) is 37.6. The van der Waals surface area contributed by atoms with Crippen molar-refractivity contribution in [2.75, 3.05) is 10.7 Å². The summed E-state index contributed by atoms with van der Waals surface area (Å²) in [5, 5.41) is 3.22. The van der Waals surface area contributed by atoms with Crippen molar-refractivity contribution in [2.45, 2.75) is 19.4 Å². The van der Waals surface area contributed by atoms with Crippen molar-refractivity contribution in [3.63, 3.8) is 0 Å². The van der Waals surface area contributed by atoms with E-state index < -0.39 is 17.4 Å². The number of anilines is 2. The Bertz CT molecular complexity index is 1470. The molecule has 32 heavy (non-hydrogen) atoms. The number of fused-ring (bicyclic) bond motifs is 2. The molecule has 0 unspecified atom stereocenters. The number of hydrogen-bond donors (Lipinski definition) is 3. The van der Waals surface area contributed by atoms with Crippen molar-refractivity contribution < 1.29 is 4.39 Å². The second-order valence-corrected chi connectivity index (χ2v) is 7.02. The molecule has 5 rings (SSSR count). The summed E-state index contributed by atoms with van der Waals surface area (Å²) in [6, 6.07) is 7.36. The van der Waals surface area contributed by atoms with Crippen LogP contribution in [0, 0.1) is 5.82 Å². The highest BCUT2D eigenvalue weighted by molar-refractivity contribution is 5.82. The smallest absolute Gasteiger partial charge is 0.283 e. The first-order valence-electron chi connectivity index (χ1n) is 9.94. The molecule has 11 heteroatoms. The van der Waals surface area contributed by atoms with Gasteiger partial charge in [-0.1, -0.05) is 13.0 Å². The molecule has 10 nitrogen and oxygen atoms in total. The lowest BCUT2D eigenvalue weighted by molar-refractivity contribution is 0.622. The summed E-state index contributed by atoms with van der Waals surface area (Å²) in [6.07, 6.45) is 6.68. The molecular weight excluding hydrogens is 413 g/mol. The monoisotopic (exact) mass is 431 g/mol. The van der Waals surface area contributed by atoms with Crippen LogP contribution < -0.4 is 16.3 Å². The van der Waals surface area contributed by atoms with E-state index in [0.29, 0.717) is 34.9 Å².